The van der Waals surface area contributed by atoms with Gasteiger partial charge in [0.2, 0.25) is 11.9 Å². The molecule has 0 aliphatic carbocycles. The van der Waals surface area contributed by atoms with E-state index in [0.717, 1.165) is 28.6 Å². The number of rotatable bonds is 6. The highest BCUT2D eigenvalue weighted by atomic mass is 32.2. The lowest BCUT2D eigenvalue weighted by Gasteiger charge is -2.21. The Hall–Kier alpha value is -4.08. The number of alkyl halides is 3. The van der Waals surface area contributed by atoms with E-state index < -0.39 is 22.9 Å². The van der Waals surface area contributed by atoms with Gasteiger partial charge in [0.05, 0.1) is 11.1 Å². The maximum atomic E-state index is 13.5. The number of amides is 1. The zero-order chi connectivity index (χ0) is 26.4. The van der Waals surface area contributed by atoms with Crippen LogP contribution in [0.4, 0.5) is 24.5 Å². The normalized spacial score (nSPS) is 17.4. The largest absolute Gasteiger partial charge is 0.416 e. The van der Waals surface area contributed by atoms with Crippen LogP contribution >= 0.6 is 11.8 Å². The maximum absolute atomic E-state index is 13.5. The number of aliphatic imine (C=N–C) groups is 1. The van der Waals surface area contributed by atoms with Crippen molar-refractivity contribution in [3.05, 3.63) is 77.3 Å². The minimum absolute atomic E-state index is 0.00455. The molecule has 1 aromatic heterocycles. The SMILES string of the molecule is CN=C(NC#N)Nc1cc(NC(=O)C2SC=CC2NCc2ccnc3ccccc23)cc(C(F)(F)F)c1. The number of nitrogens with zero attached hydrogens (tertiary/aromatic N) is 3. The lowest BCUT2D eigenvalue weighted by Crippen LogP contribution is -2.41. The Morgan fingerprint density at radius 1 is 1.16 bits per heavy atom. The van der Waals surface area contributed by atoms with Gasteiger partial charge in [-0.25, -0.2) is 0 Å². The first kappa shape index (κ1) is 26.0. The van der Waals surface area contributed by atoms with Crippen LogP contribution in [0.2, 0.25) is 0 Å². The molecule has 1 amide bonds. The molecule has 37 heavy (non-hydrogen) atoms. The maximum Gasteiger partial charge on any atom is 0.416 e. The monoisotopic (exact) mass is 525 g/mol. The zero-order valence-corrected chi connectivity index (χ0v) is 20.3. The van der Waals surface area contributed by atoms with Crippen molar-refractivity contribution in [2.75, 3.05) is 17.7 Å². The third-order valence-electron chi connectivity index (χ3n) is 5.55. The number of benzene rings is 2. The van der Waals surface area contributed by atoms with Crippen LogP contribution in [0.5, 0.6) is 0 Å². The fourth-order valence-corrected chi connectivity index (χ4v) is 4.79. The molecule has 0 saturated heterocycles. The molecule has 2 heterocycles. The molecule has 2 atom stereocenters. The van der Waals surface area contributed by atoms with Crippen LogP contribution in [0.1, 0.15) is 11.1 Å². The highest BCUT2D eigenvalue weighted by molar-refractivity contribution is 8.03. The van der Waals surface area contributed by atoms with Crippen molar-refractivity contribution in [2.45, 2.75) is 24.0 Å². The van der Waals surface area contributed by atoms with Crippen LogP contribution in [0.15, 0.2) is 71.2 Å². The number of halogens is 3. The number of hydrogen-bond acceptors (Lipinski definition) is 6. The molecule has 4 rings (SSSR count). The van der Waals surface area contributed by atoms with Gasteiger partial charge in [0.25, 0.3) is 0 Å². The molecule has 2 aromatic carbocycles. The highest BCUT2D eigenvalue weighted by Crippen LogP contribution is 2.34. The zero-order valence-electron chi connectivity index (χ0n) is 19.5. The van der Waals surface area contributed by atoms with Gasteiger partial charge in [-0.2, -0.15) is 18.4 Å². The summed E-state index contributed by atoms with van der Waals surface area (Å²) in [5.74, 6) is -0.487. The van der Waals surface area contributed by atoms with Crippen LogP contribution in [-0.2, 0) is 17.5 Å². The number of aromatic nitrogens is 1. The fraction of sp³-hybridized carbons (Fsp3) is 0.200. The van der Waals surface area contributed by atoms with Gasteiger partial charge >= 0.3 is 6.18 Å². The molecule has 0 fully saturated rings. The molecule has 8 nitrogen and oxygen atoms in total. The van der Waals surface area contributed by atoms with Gasteiger partial charge < -0.3 is 16.0 Å². The molecular formula is C25H22F3N7OS. The van der Waals surface area contributed by atoms with Gasteiger partial charge in [-0.3, -0.25) is 20.1 Å². The number of pyridine rings is 1. The van der Waals surface area contributed by atoms with Crippen molar-refractivity contribution in [3.63, 3.8) is 0 Å². The summed E-state index contributed by atoms with van der Waals surface area (Å²) >= 11 is 1.28. The van der Waals surface area contributed by atoms with E-state index in [1.54, 1.807) is 17.8 Å². The number of nitrogens with one attached hydrogen (secondary N) is 4. The predicted octanol–water partition coefficient (Wildman–Crippen LogP) is 4.45. The number of guanidine groups is 1. The van der Waals surface area contributed by atoms with Gasteiger partial charge in [0, 0.05) is 42.6 Å². The topological polar surface area (TPSA) is 114 Å². The summed E-state index contributed by atoms with van der Waals surface area (Å²) in [6, 6.07) is 12.4. The average Bonchev–Trinajstić information content (AvgIpc) is 3.35. The lowest BCUT2D eigenvalue weighted by atomic mass is 10.1. The van der Waals surface area contributed by atoms with Crippen molar-refractivity contribution < 1.29 is 18.0 Å². The molecular weight excluding hydrogens is 503 g/mol. The molecule has 1 aliphatic rings. The van der Waals surface area contributed by atoms with Gasteiger partial charge in [0.1, 0.15) is 5.25 Å². The second kappa shape index (κ2) is 11.3. The smallest absolute Gasteiger partial charge is 0.325 e. The summed E-state index contributed by atoms with van der Waals surface area (Å²) in [5.41, 5.74) is 0.883. The van der Waals surface area contributed by atoms with E-state index in [1.165, 1.54) is 24.9 Å². The van der Waals surface area contributed by atoms with E-state index >= 15 is 0 Å². The van der Waals surface area contributed by atoms with Gasteiger partial charge in [-0.1, -0.05) is 24.3 Å². The van der Waals surface area contributed by atoms with Crippen molar-refractivity contribution in [2.24, 2.45) is 4.99 Å². The predicted molar refractivity (Wildman–Crippen MR) is 139 cm³/mol. The van der Waals surface area contributed by atoms with Gasteiger partial charge in [-0.05, 0) is 41.3 Å². The highest BCUT2D eigenvalue weighted by Gasteiger charge is 2.33. The summed E-state index contributed by atoms with van der Waals surface area (Å²) in [4.78, 5) is 21.2. The average molecular weight is 526 g/mol. The van der Waals surface area contributed by atoms with E-state index in [1.807, 2.05) is 36.4 Å². The molecule has 2 unspecified atom stereocenters. The van der Waals surface area contributed by atoms with Gasteiger partial charge in [0.15, 0.2) is 6.19 Å². The second-order valence-electron chi connectivity index (χ2n) is 8.00. The molecule has 0 spiro atoms. The van der Waals surface area contributed by atoms with Crippen LogP contribution in [0, 0.1) is 11.5 Å². The summed E-state index contributed by atoms with van der Waals surface area (Å²) in [6.45, 7) is 0.477. The second-order valence-corrected chi connectivity index (χ2v) is 9.05. The summed E-state index contributed by atoms with van der Waals surface area (Å²) in [6.07, 6.45) is 0.583. The van der Waals surface area contributed by atoms with Crippen molar-refractivity contribution >= 4 is 45.9 Å². The quantitative estimate of drug-likeness (QED) is 0.163. The summed E-state index contributed by atoms with van der Waals surface area (Å²) in [7, 11) is 1.37. The summed E-state index contributed by atoms with van der Waals surface area (Å²) < 4.78 is 40.6. The third kappa shape index (κ3) is 6.38. The van der Waals surface area contributed by atoms with Crippen LogP contribution < -0.4 is 21.3 Å². The third-order valence-corrected chi connectivity index (χ3v) is 6.67. The van der Waals surface area contributed by atoms with Crippen LogP contribution in [0.3, 0.4) is 0 Å². The Labute approximate surface area is 215 Å². The van der Waals surface area contributed by atoms with E-state index in [2.05, 4.69) is 31.2 Å². The van der Waals surface area contributed by atoms with Crippen molar-refractivity contribution in [1.82, 2.24) is 15.6 Å². The minimum Gasteiger partial charge on any atom is -0.325 e. The first-order chi connectivity index (χ1) is 17.8. The molecule has 12 heteroatoms. The minimum atomic E-state index is -4.65. The van der Waals surface area contributed by atoms with Crippen LogP contribution in [-0.4, -0.2) is 35.2 Å². The number of hydrogen-bond donors (Lipinski definition) is 4. The Kier molecular flexibility index (Phi) is 7.95. The Morgan fingerprint density at radius 3 is 2.65 bits per heavy atom. The fourth-order valence-electron chi connectivity index (χ4n) is 3.82. The Morgan fingerprint density at radius 2 is 1.92 bits per heavy atom. The van der Waals surface area contributed by atoms with E-state index in [4.69, 9.17) is 5.26 Å². The number of thioether (sulfide) groups is 1. The van der Waals surface area contributed by atoms with E-state index in [-0.39, 0.29) is 23.4 Å². The van der Waals surface area contributed by atoms with Gasteiger partial charge in [-0.15, -0.1) is 11.8 Å². The number of para-hydroxylation sites is 1. The number of nitriles is 1. The summed E-state index contributed by atoms with van der Waals surface area (Å²) in [5, 5.41) is 21.8. The molecule has 0 bridgehead atoms. The Balaban J connectivity index is 1.49. The number of fused-ring (bicyclic) bond motifs is 1. The van der Waals surface area contributed by atoms with Crippen molar-refractivity contribution in [1.29, 1.82) is 5.26 Å². The molecule has 0 saturated carbocycles. The van der Waals surface area contributed by atoms with Crippen LogP contribution in [0.25, 0.3) is 10.9 Å². The van der Waals surface area contributed by atoms with E-state index in [0.29, 0.717) is 6.54 Å². The standard InChI is InChI=1S/C25H22F3N7OS/c1-30-24(33-14-29)35-18-11-16(25(26,27)28)10-17(12-18)34-23(36)22-21(7-9-37-22)32-13-15-6-8-31-20-5-3-2-4-19(15)20/h2-12,21-22,32H,13H2,1H3,(H,34,36)(H2,30,33,35). The molecule has 3 aromatic rings. The molecule has 0 radical (unpaired) electrons. The molecule has 1 aliphatic heterocycles. The first-order valence-electron chi connectivity index (χ1n) is 11.1. The number of carbonyl (C=O) groups is 1. The van der Waals surface area contributed by atoms with Crippen molar-refractivity contribution in [3.8, 4) is 6.19 Å². The first-order valence-corrected chi connectivity index (χ1v) is 12.0. The number of carbonyl (C=O) groups excluding carboxylic acids is 1. The Bertz CT molecular complexity index is 1400. The lowest BCUT2D eigenvalue weighted by molar-refractivity contribution is -0.137. The molecule has 190 valence electrons. The molecule has 4 N–H and O–H groups in total. The van der Waals surface area contributed by atoms with E-state index in [9.17, 15) is 18.0 Å². The number of anilines is 2.